The fraction of sp³-hybridized carbons (Fsp3) is 1.00. The maximum Gasteiger partial charge on any atom is 0.472 e. The fourth-order valence-electron chi connectivity index (χ4n) is 0.545. The molecule has 0 aliphatic rings. The normalized spacial score (nSPS) is 18.2. The highest BCUT2D eigenvalue weighted by Gasteiger charge is 2.20. The number of hydrogen-bond donors (Lipinski definition) is 2. The second-order valence-corrected chi connectivity index (χ2v) is 4.35. The molecule has 5 nitrogen and oxygen atoms in total. The lowest BCUT2D eigenvalue weighted by atomic mass is 10.1. The Hall–Kier alpha value is 0.0700. The maximum absolute atomic E-state index is 11.0. The van der Waals surface area contributed by atoms with Gasteiger partial charge in [0.15, 0.2) is 0 Å². The van der Waals surface area contributed by atoms with Crippen LogP contribution < -0.4 is 5.73 Å². The molecule has 3 N–H and O–H groups in total. The summed E-state index contributed by atoms with van der Waals surface area (Å²) in [6.45, 7) is 4.39. The first-order valence-corrected chi connectivity index (χ1v) is 5.83. The standard InChI is InChI=1S/C7H18NO4P/c1-3-7(2)6-12-13(9,10)11-5-4-8/h7H,3-6,8H2,1-2H3,(H,9,10). The van der Waals surface area contributed by atoms with Gasteiger partial charge in [-0.1, -0.05) is 20.3 Å². The van der Waals surface area contributed by atoms with Crippen molar-refractivity contribution >= 4 is 7.82 Å². The topological polar surface area (TPSA) is 81.8 Å². The summed E-state index contributed by atoms with van der Waals surface area (Å²) >= 11 is 0. The molecule has 0 aliphatic heterocycles. The Morgan fingerprint density at radius 3 is 2.62 bits per heavy atom. The van der Waals surface area contributed by atoms with Gasteiger partial charge in [-0.25, -0.2) is 4.57 Å². The molecule has 0 aromatic rings. The first-order valence-electron chi connectivity index (χ1n) is 4.33. The number of phosphoric ester groups is 1. The lowest BCUT2D eigenvalue weighted by Crippen LogP contribution is -2.10. The largest absolute Gasteiger partial charge is 0.472 e. The molecule has 0 fully saturated rings. The smallest absolute Gasteiger partial charge is 0.328 e. The molecule has 0 bridgehead atoms. The van der Waals surface area contributed by atoms with E-state index < -0.39 is 7.82 Å². The van der Waals surface area contributed by atoms with Crippen molar-refractivity contribution in [3.05, 3.63) is 0 Å². The third kappa shape index (κ3) is 7.16. The first-order chi connectivity index (χ1) is 6.02. The van der Waals surface area contributed by atoms with Crippen LogP contribution in [0.4, 0.5) is 0 Å². The van der Waals surface area contributed by atoms with Gasteiger partial charge >= 0.3 is 7.82 Å². The Labute approximate surface area is 78.8 Å². The van der Waals surface area contributed by atoms with Gasteiger partial charge < -0.3 is 10.6 Å². The molecule has 13 heavy (non-hydrogen) atoms. The van der Waals surface area contributed by atoms with Crippen molar-refractivity contribution in [2.24, 2.45) is 11.7 Å². The molecule has 0 rings (SSSR count). The Balaban J connectivity index is 3.68. The van der Waals surface area contributed by atoms with Gasteiger partial charge in [0.25, 0.3) is 0 Å². The van der Waals surface area contributed by atoms with Crippen LogP contribution in [0.3, 0.4) is 0 Å². The van der Waals surface area contributed by atoms with Gasteiger partial charge in [-0.15, -0.1) is 0 Å². The third-order valence-corrected chi connectivity index (χ3v) is 2.58. The fourth-order valence-corrected chi connectivity index (χ4v) is 1.40. The molecule has 0 aliphatic carbocycles. The van der Waals surface area contributed by atoms with E-state index >= 15 is 0 Å². The summed E-state index contributed by atoms with van der Waals surface area (Å²) < 4.78 is 20.3. The van der Waals surface area contributed by atoms with Crippen molar-refractivity contribution in [2.45, 2.75) is 20.3 Å². The minimum atomic E-state index is -3.86. The van der Waals surface area contributed by atoms with Crippen LogP contribution in [0.25, 0.3) is 0 Å². The van der Waals surface area contributed by atoms with E-state index in [0.717, 1.165) is 6.42 Å². The molecule has 0 spiro atoms. The van der Waals surface area contributed by atoms with Crippen molar-refractivity contribution in [1.29, 1.82) is 0 Å². The van der Waals surface area contributed by atoms with Crippen molar-refractivity contribution in [2.75, 3.05) is 19.8 Å². The van der Waals surface area contributed by atoms with Gasteiger partial charge in [0.05, 0.1) is 13.2 Å². The van der Waals surface area contributed by atoms with Crippen molar-refractivity contribution in [3.8, 4) is 0 Å². The van der Waals surface area contributed by atoms with E-state index in [1.807, 2.05) is 13.8 Å². The van der Waals surface area contributed by atoms with Crippen LogP contribution in [0.5, 0.6) is 0 Å². The zero-order valence-electron chi connectivity index (χ0n) is 8.10. The van der Waals surface area contributed by atoms with E-state index in [0.29, 0.717) is 0 Å². The first kappa shape index (κ1) is 13.1. The summed E-state index contributed by atoms with van der Waals surface area (Å²) in [6.07, 6.45) is 0.900. The van der Waals surface area contributed by atoms with Gasteiger partial charge in [0, 0.05) is 6.54 Å². The van der Waals surface area contributed by atoms with Crippen LogP contribution in [0.2, 0.25) is 0 Å². The Morgan fingerprint density at radius 1 is 1.54 bits per heavy atom. The van der Waals surface area contributed by atoms with E-state index in [2.05, 4.69) is 4.52 Å². The second kappa shape index (κ2) is 6.51. The summed E-state index contributed by atoms with van der Waals surface area (Å²) in [5.74, 6) is 0.252. The monoisotopic (exact) mass is 211 g/mol. The predicted molar refractivity (Wildman–Crippen MR) is 50.2 cm³/mol. The van der Waals surface area contributed by atoms with E-state index in [1.165, 1.54) is 0 Å². The molecule has 0 saturated carbocycles. The zero-order chi connectivity index (χ0) is 10.3. The van der Waals surface area contributed by atoms with Crippen LogP contribution >= 0.6 is 7.82 Å². The van der Waals surface area contributed by atoms with Gasteiger partial charge in [0.1, 0.15) is 0 Å². The Morgan fingerprint density at radius 2 is 2.15 bits per heavy atom. The van der Waals surface area contributed by atoms with Gasteiger partial charge in [-0.2, -0.15) is 0 Å². The minimum absolute atomic E-state index is 0.0360. The average molecular weight is 211 g/mol. The number of rotatable bonds is 7. The average Bonchev–Trinajstić information content (AvgIpc) is 2.11. The van der Waals surface area contributed by atoms with Crippen LogP contribution in [-0.2, 0) is 13.6 Å². The SMILES string of the molecule is CCC(C)COP(=O)(O)OCCN. The molecular formula is C7H18NO4P. The van der Waals surface area contributed by atoms with E-state index in [9.17, 15) is 4.57 Å². The summed E-state index contributed by atoms with van der Waals surface area (Å²) in [6, 6.07) is 0. The number of hydrogen-bond acceptors (Lipinski definition) is 4. The Kier molecular flexibility index (Phi) is 6.55. The molecule has 2 unspecified atom stereocenters. The molecular weight excluding hydrogens is 193 g/mol. The van der Waals surface area contributed by atoms with E-state index in [4.69, 9.17) is 15.2 Å². The summed E-state index contributed by atoms with van der Waals surface area (Å²) in [5.41, 5.74) is 5.11. The van der Waals surface area contributed by atoms with Crippen molar-refractivity contribution < 1.29 is 18.5 Å². The molecule has 0 aromatic carbocycles. The summed E-state index contributed by atoms with van der Waals surface area (Å²) in [4.78, 5) is 9.05. The van der Waals surface area contributed by atoms with E-state index in [-0.39, 0.29) is 25.7 Å². The van der Waals surface area contributed by atoms with Crippen LogP contribution in [0.1, 0.15) is 20.3 Å². The quantitative estimate of drug-likeness (QED) is 0.617. The lowest BCUT2D eigenvalue weighted by molar-refractivity contribution is 0.136. The maximum atomic E-state index is 11.0. The van der Waals surface area contributed by atoms with Crippen LogP contribution in [0, 0.1) is 5.92 Å². The van der Waals surface area contributed by atoms with Crippen LogP contribution in [0.15, 0.2) is 0 Å². The zero-order valence-corrected chi connectivity index (χ0v) is 9.00. The molecule has 0 heterocycles. The summed E-state index contributed by atoms with van der Waals surface area (Å²) in [5, 5.41) is 0. The van der Waals surface area contributed by atoms with Crippen molar-refractivity contribution in [3.63, 3.8) is 0 Å². The lowest BCUT2D eigenvalue weighted by Gasteiger charge is -2.13. The highest BCUT2D eigenvalue weighted by Crippen LogP contribution is 2.43. The highest BCUT2D eigenvalue weighted by molar-refractivity contribution is 7.47. The van der Waals surface area contributed by atoms with Gasteiger partial charge in [-0.3, -0.25) is 9.05 Å². The molecule has 0 amide bonds. The molecule has 0 aromatic heterocycles. The third-order valence-electron chi connectivity index (χ3n) is 1.59. The minimum Gasteiger partial charge on any atom is -0.328 e. The van der Waals surface area contributed by atoms with Crippen molar-refractivity contribution in [1.82, 2.24) is 0 Å². The van der Waals surface area contributed by atoms with Crippen LogP contribution in [-0.4, -0.2) is 24.7 Å². The number of nitrogens with two attached hydrogens (primary N) is 1. The summed E-state index contributed by atoms with van der Waals surface area (Å²) in [7, 11) is -3.86. The van der Waals surface area contributed by atoms with Gasteiger partial charge in [-0.05, 0) is 5.92 Å². The molecule has 2 atom stereocenters. The predicted octanol–water partition coefficient (Wildman–Crippen LogP) is 1.12. The Bertz CT molecular complexity index is 176. The molecule has 6 heteroatoms. The molecule has 80 valence electrons. The molecule has 0 saturated heterocycles. The van der Waals surface area contributed by atoms with E-state index in [1.54, 1.807) is 0 Å². The highest BCUT2D eigenvalue weighted by atomic mass is 31.2. The number of phosphoric acid groups is 1. The van der Waals surface area contributed by atoms with Gasteiger partial charge in [0.2, 0.25) is 0 Å². The second-order valence-electron chi connectivity index (χ2n) is 2.90. The molecule has 0 radical (unpaired) electrons.